The average Bonchev–Trinajstić information content (AvgIpc) is 2.11. The predicted octanol–water partition coefficient (Wildman–Crippen LogP) is 3.54. The zero-order valence-corrected chi connectivity index (χ0v) is 10.5. The van der Waals surface area contributed by atoms with Gasteiger partial charge < -0.3 is 0 Å². The van der Waals surface area contributed by atoms with E-state index in [1.54, 1.807) is 6.92 Å². The molecule has 0 aliphatic carbocycles. The molecule has 76 valence electrons. The Morgan fingerprint density at radius 2 is 2.21 bits per heavy atom. The van der Waals surface area contributed by atoms with Crippen molar-refractivity contribution in [1.29, 1.82) is 0 Å². The van der Waals surface area contributed by atoms with Crippen LogP contribution in [0.15, 0.2) is 18.2 Å². The fourth-order valence-corrected chi connectivity index (χ4v) is 1.87. The van der Waals surface area contributed by atoms with E-state index in [1.807, 2.05) is 25.1 Å². The molecule has 3 heteroatoms. The smallest absolute Gasteiger partial charge is 0.143 e. The van der Waals surface area contributed by atoms with Gasteiger partial charge in [-0.15, -0.1) is 0 Å². The van der Waals surface area contributed by atoms with Crippen LogP contribution in [-0.4, -0.2) is 10.6 Å². The zero-order chi connectivity index (χ0) is 10.7. The normalized spacial score (nSPS) is 12.6. The van der Waals surface area contributed by atoms with Gasteiger partial charge in [-0.05, 0) is 37.5 Å². The van der Waals surface area contributed by atoms with Crippen LogP contribution in [0.4, 0.5) is 0 Å². The van der Waals surface area contributed by atoms with Gasteiger partial charge in [0.15, 0.2) is 0 Å². The van der Waals surface area contributed by atoms with Gasteiger partial charge in [-0.25, -0.2) is 0 Å². The number of rotatable bonds is 3. The summed E-state index contributed by atoms with van der Waals surface area (Å²) in [5, 5.41) is 0.732. The van der Waals surface area contributed by atoms with Gasteiger partial charge in [-0.2, -0.15) is 0 Å². The van der Waals surface area contributed by atoms with E-state index in [1.165, 1.54) is 0 Å². The summed E-state index contributed by atoms with van der Waals surface area (Å²) in [6.07, 6.45) is 0.654. The van der Waals surface area contributed by atoms with Gasteiger partial charge in [0.2, 0.25) is 0 Å². The van der Waals surface area contributed by atoms with Crippen molar-refractivity contribution in [3.05, 3.63) is 34.3 Å². The minimum absolute atomic E-state index is 0.129. The Morgan fingerprint density at radius 3 is 2.71 bits per heavy atom. The highest BCUT2D eigenvalue weighted by Crippen LogP contribution is 2.23. The van der Waals surface area contributed by atoms with Crippen LogP contribution in [0.5, 0.6) is 0 Å². The van der Waals surface area contributed by atoms with Crippen LogP contribution in [0.2, 0.25) is 5.02 Å². The minimum atomic E-state index is -0.138. The number of halogens is 2. The summed E-state index contributed by atoms with van der Waals surface area (Å²) in [5.74, 6) is 0.129. The quantitative estimate of drug-likeness (QED) is 0.771. The van der Waals surface area contributed by atoms with E-state index in [4.69, 9.17) is 11.6 Å². The van der Waals surface area contributed by atoms with Crippen LogP contribution in [-0.2, 0) is 11.2 Å². The maximum atomic E-state index is 11.1. The van der Waals surface area contributed by atoms with Crippen molar-refractivity contribution in [2.75, 3.05) is 0 Å². The molecule has 0 bridgehead atoms. The summed E-state index contributed by atoms with van der Waals surface area (Å²) in [7, 11) is 0. The van der Waals surface area contributed by atoms with Gasteiger partial charge in [-0.3, -0.25) is 4.79 Å². The summed E-state index contributed by atoms with van der Waals surface area (Å²) >= 11 is 9.39. The van der Waals surface area contributed by atoms with E-state index >= 15 is 0 Å². The van der Waals surface area contributed by atoms with Gasteiger partial charge in [0.25, 0.3) is 0 Å². The lowest BCUT2D eigenvalue weighted by Gasteiger charge is -2.10. The number of ketones is 1. The highest BCUT2D eigenvalue weighted by atomic mass is 79.9. The molecular formula is C11H12BrClO. The van der Waals surface area contributed by atoms with Gasteiger partial charge in [0, 0.05) is 5.02 Å². The summed E-state index contributed by atoms with van der Waals surface area (Å²) in [5.41, 5.74) is 2.18. The predicted molar refractivity (Wildman–Crippen MR) is 63.3 cm³/mol. The Balaban J connectivity index is 2.91. The molecule has 1 rings (SSSR count). The number of carbonyl (C=O) groups excluding carboxylic acids is 1. The van der Waals surface area contributed by atoms with E-state index in [0.29, 0.717) is 6.42 Å². The Morgan fingerprint density at radius 1 is 1.57 bits per heavy atom. The van der Waals surface area contributed by atoms with Crippen molar-refractivity contribution < 1.29 is 4.79 Å². The Bertz CT molecular complexity index is 329. The Labute approximate surface area is 97.6 Å². The standard InChI is InChI=1S/C11H12BrClO/c1-7-4-3-5-11(13)9(7)6-10(12)8(2)14/h3-5,10H,6H2,1-2H3. The fraction of sp³-hybridized carbons (Fsp3) is 0.364. The van der Waals surface area contributed by atoms with Crippen molar-refractivity contribution in [3.63, 3.8) is 0 Å². The lowest BCUT2D eigenvalue weighted by Crippen LogP contribution is -2.13. The van der Waals surface area contributed by atoms with E-state index in [9.17, 15) is 4.79 Å². The van der Waals surface area contributed by atoms with Crippen molar-refractivity contribution in [2.45, 2.75) is 25.1 Å². The monoisotopic (exact) mass is 274 g/mol. The molecule has 1 aromatic rings. The van der Waals surface area contributed by atoms with Crippen molar-refractivity contribution in [3.8, 4) is 0 Å². The molecule has 1 unspecified atom stereocenters. The summed E-state index contributed by atoms with van der Waals surface area (Å²) < 4.78 is 0. The molecule has 0 heterocycles. The van der Waals surface area contributed by atoms with Crippen LogP contribution in [0, 0.1) is 6.92 Å². The van der Waals surface area contributed by atoms with Crippen molar-refractivity contribution in [2.24, 2.45) is 0 Å². The largest absolute Gasteiger partial charge is 0.299 e. The maximum Gasteiger partial charge on any atom is 0.143 e. The second kappa shape index (κ2) is 4.94. The first-order valence-electron chi connectivity index (χ1n) is 4.41. The number of benzene rings is 1. The van der Waals surface area contributed by atoms with Crippen LogP contribution in [0.25, 0.3) is 0 Å². The van der Waals surface area contributed by atoms with Crippen molar-refractivity contribution in [1.82, 2.24) is 0 Å². The van der Waals surface area contributed by atoms with E-state index in [-0.39, 0.29) is 10.6 Å². The highest BCUT2D eigenvalue weighted by molar-refractivity contribution is 9.10. The summed E-state index contributed by atoms with van der Waals surface area (Å²) in [6.45, 7) is 3.58. The molecule has 1 atom stereocenters. The molecular weight excluding hydrogens is 263 g/mol. The first kappa shape index (κ1) is 11.7. The number of hydrogen-bond donors (Lipinski definition) is 0. The van der Waals surface area contributed by atoms with Gasteiger partial charge >= 0.3 is 0 Å². The molecule has 14 heavy (non-hydrogen) atoms. The second-order valence-corrected chi connectivity index (χ2v) is 4.83. The van der Waals surface area contributed by atoms with E-state index in [2.05, 4.69) is 15.9 Å². The molecule has 0 saturated heterocycles. The van der Waals surface area contributed by atoms with Gasteiger partial charge in [-0.1, -0.05) is 39.7 Å². The molecule has 0 fully saturated rings. The summed E-state index contributed by atoms with van der Waals surface area (Å²) in [6, 6.07) is 5.77. The van der Waals surface area contributed by atoms with Gasteiger partial charge in [0.05, 0.1) is 4.83 Å². The maximum absolute atomic E-state index is 11.1. The van der Waals surface area contributed by atoms with Crippen LogP contribution in [0.3, 0.4) is 0 Å². The van der Waals surface area contributed by atoms with E-state index < -0.39 is 0 Å². The molecule has 0 amide bonds. The van der Waals surface area contributed by atoms with Gasteiger partial charge in [0.1, 0.15) is 5.78 Å². The lowest BCUT2D eigenvalue weighted by molar-refractivity contribution is -0.116. The van der Waals surface area contributed by atoms with Crippen LogP contribution < -0.4 is 0 Å². The molecule has 1 aromatic carbocycles. The van der Waals surface area contributed by atoms with E-state index in [0.717, 1.165) is 16.1 Å². The third kappa shape index (κ3) is 2.82. The number of carbonyl (C=O) groups is 1. The Hall–Kier alpha value is -0.340. The SMILES string of the molecule is CC(=O)C(Br)Cc1c(C)cccc1Cl. The fourth-order valence-electron chi connectivity index (χ4n) is 1.25. The lowest BCUT2D eigenvalue weighted by atomic mass is 10.0. The van der Waals surface area contributed by atoms with Crippen LogP contribution in [0.1, 0.15) is 18.1 Å². The summed E-state index contributed by atoms with van der Waals surface area (Å²) in [4.78, 5) is 10.9. The number of Topliss-reactive ketones (excluding diaryl/α,β-unsaturated/α-hetero) is 1. The zero-order valence-electron chi connectivity index (χ0n) is 8.18. The molecule has 0 aliphatic heterocycles. The molecule has 0 aliphatic rings. The van der Waals surface area contributed by atoms with Crippen molar-refractivity contribution >= 4 is 33.3 Å². The number of alkyl halides is 1. The molecule has 1 nitrogen and oxygen atoms in total. The number of aryl methyl sites for hydroxylation is 1. The average molecular weight is 276 g/mol. The first-order valence-corrected chi connectivity index (χ1v) is 5.70. The number of hydrogen-bond acceptors (Lipinski definition) is 1. The Kier molecular flexibility index (Phi) is 4.14. The minimum Gasteiger partial charge on any atom is -0.299 e. The molecule has 0 aromatic heterocycles. The highest BCUT2D eigenvalue weighted by Gasteiger charge is 2.13. The molecule has 0 radical (unpaired) electrons. The molecule has 0 spiro atoms. The molecule has 0 N–H and O–H groups in total. The topological polar surface area (TPSA) is 17.1 Å². The third-order valence-electron chi connectivity index (χ3n) is 2.18. The second-order valence-electron chi connectivity index (χ2n) is 3.32. The van der Waals surface area contributed by atoms with Crippen LogP contribution >= 0.6 is 27.5 Å². The third-order valence-corrected chi connectivity index (χ3v) is 3.50. The first-order chi connectivity index (χ1) is 6.52. The molecule has 0 saturated carbocycles.